The molecule has 0 spiro atoms. The van der Waals surface area contributed by atoms with E-state index in [9.17, 15) is 4.79 Å². The standard InChI is InChI=1S/C16H17N5O/c1-10(2)13-15(18-9-8-17-13)19-16(22)14-11-6-4-5-7-12(11)21(3)20-14/h4-10H,1-3H3,(H,18,19,22). The molecule has 22 heavy (non-hydrogen) atoms. The van der Waals surface area contributed by atoms with Gasteiger partial charge in [-0.2, -0.15) is 5.10 Å². The number of benzene rings is 1. The number of aromatic nitrogens is 4. The number of amides is 1. The first-order chi connectivity index (χ1) is 10.6. The molecule has 6 nitrogen and oxygen atoms in total. The summed E-state index contributed by atoms with van der Waals surface area (Å²) < 4.78 is 1.70. The van der Waals surface area contributed by atoms with Crippen molar-refractivity contribution >= 4 is 22.6 Å². The first-order valence-electron chi connectivity index (χ1n) is 7.12. The number of nitrogens with one attached hydrogen (secondary N) is 1. The normalized spacial score (nSPS) is 11.1. The lowest BCUT2D eigenvalue weighted by atomic mass is 10.1. The number of rotatable bonds is 3. The van der Waals surface area contributed by atoms with E-state index in [1.165, 1.54) is 0 Å². The molecule has 3 aromatic rings. The Hall–Kier alpha value is -2.76. The number of fused-ring (bicyclic) bond motifs is 1. The van der Waals surface area contributed by atoms with Crippen LogP contribution < -0.4 is 5.32 Å². The first kappa shape index (κ1) is 14.2. The predicted octanol–water partition coefficient (Wildman–Crippen LogP) is 2.74. The van der Waals surface area contributed by atoms with E-state index in [-0.39, 0.29) is 11.8 Å². The third-order valence-electron chi connectivity index (χ3n) is 3.48. The van der Waals surface area contributed by atoms with Crippen LogP contribution in [0.5, 0.6) is 0 Å². The van der Waals surface area contributed by atoms with Crippen LogP contribution in [0.1, 0.15) is 35.9 Å². The summed E-state index contributed by atoms with van der Waals surface area (Å²) in [5.41, 5.74) is 2.06. The Labute approximate surface area is 128 Å². The fourth-order valence-electron chi connectivity index (χ4n) is 2.42. The Kier molecular flexibility index (Phi) is 3.58. The van der Waals surface area contributed by atoms with Crippen molar-refractivity contribution in [2.75, 3.05) is 5.32 Å². The van der Waals surface area contributed by atoms with Crippen molar-refractivity contribution < 1.29 is 4.79 Å². The summed E-state index contributed by atoms with van der Waals surface area (Å²) in [5.74, 6) is 0.376. The Balaban J connectivity index is 1.98. The van der Waals surface area contributed by atoms with Gasteiger partial charge in [-0.3, -0.25) is 14.5 Å². The quantitative estimate of drug-likeness (QED) is 0.806. The van der Waals surface area contributed by atoms with E-state index < -0.39 is 0 Å². The fourth-order valence-corrected chi connectivity index (χ4v) is 2.42. The molecule has 2 heterocycles. The summed E-state index contributed by atoms with van der Waals surface area (Å²) in [5, 5.41) is 7.96. The molecule has 1 aromatic carbocycles. The maximum absolute atomic E-state index is 12.6. The number of aryl methyl sites for hydroxylation is 1. The highest BCUT2D eigenvalue weighted by molar-refractivity contribution is 6.11. The maximum Gasteiger partial charge on any atom is 0.278 e. The van der Waals surface area contributed by atoms with Crippen LogP contribution in [0.2, 0.25) is 0 Å². The lowest BCUT2D eigenvalue weighted by molar-refractivity contribution is 0.102. The molecule has 0 atom stereocenters. The van der Waals surface area contributed by atoms with Gasteiger partial charge in [-0.25, -0.2) is 4.98 Å². The zero-order chi connectivity index (χ0) is 15.7. The van der Waals surface area contributed by atoms with E-state index in [0.29, 0.717) is 11.5 Å². The van der Waals surface area contributed by atoms with Crippen molar-refractivity contribution in [2.24, 2.45) is 7.05 Å². The zero-order valence-corrected chi connectivity index (χ0v) is 12.7. The van der Waals surface area contributed by atoms with Gasteiger partial charge in [-0.05, 0) is 12.0 Å². The summed E-state index contributed by atoms with van der Waals surface area (Å²) in [6.45, 7) is 4.02. The monoisotopic (exact) mass is 295 g/mol. The summed E-state index contributed by atoms with van der Waals surface area (Å²) >= 11 is 0. The van der Waals surface area contributed by atoms with E-state index in [1.807, 2.05) is 45.2 Å². The summed E-state index contributed by atoms with van der Waals surface area (Å²) in [6, 6.07) is 7.63. The first-order valence-corrected chi connectivity index (χ1v) is 7.12. The largest absolute Gasteiger partial charge is 0.304 e. The molecule has 0 saturated heterocycles. The minimum atomic E-state index is -0.279. The summed E-state index contributed by atoms with van der Waals surface area (Å²) in [7, 11) is 1.82. The predicted molar refractivity (Wildman–Crippen MR) is 84.8 cm³/mol. The topological polar surface area (TPSA) is 72.7 Å². The Bertz CT molecular complexity index is 837. The molecule has 2 aromatic heterocycles. The Morgan fingerprint density at radius 3 is 2.68 bits per heavy atom. The molecule has 3 rings (SSSR count). The van der Waals surface area contributed by atoms with Gasteiger partial charge < -0.3 is 5.32 Å². The zero-order valence-electron chi connectivity index (χ0n) is 12.7. The molecule has 1 amide bonds. The van der Waals surface area contributed by atoms with Crippen LogP contribution in [0.3, 0.4) is 0 Å². The van der Waals surface area contributed by atoms with Crippen molar-refractivity contribution in [3.05, 3.63) is 48.0 Å². The van der Waals surface area contributed by atoms with Crippen molar-refractivity contribution in [1.82, 2.24) is 19.7 Å². The molecule has 0 radical (unpaired) electrons. The van der Waals surface area contributed by atoms with Crippen molar-refractivity contribution in [3.63, 3.8) is 0 Å². The molecule has 0 unspecified atom stereocenters. The van der Waals surface area contributed by atoms with E-state index >= 15 is 0 Å². The van der Waals surface area contributed by atoms with Gasteiger partial charge in [0.1, 0.15) is 0 Å². The number of hydrogen-bond donors (Lipinski definition) is 1. The molecule has 0 saturated carbocycles. The smallest absolute Gasteiger partial charge is 0.278 e. The highest BCUT2D eigenvalue weighted by Crippen LogP contribution is 2.21. The second-order valence-electron chi connectivity index (χ2n) is 5.39. The average Bonchev–Trinajstić information content (AvgIpc) is 2.85. The van der Waals surface area contributed by atoms with Gasteiger partial charge in [0.25, 0.3) is 5.91 Å². The maximum atomic E-state index is 12.6. The minimum absolute atomic E-state index is 0.171. The number of nitrogens with zero attached hydrogens (tertiary/aromatic N) is 4. The minimum Gasteiger partial charge on any atom is -0.304 e. The number of anilines is 1. The second kappa shape index (κ2) is 5.55. The molecule has 0 fully saturated rings. The summed E-state index contributed by atoms with van der Waals surface area (Å²) in [4.78, 5) is 21.1. The van der Waals surface area contributed by atoms with Gasteiger partial charge in [0.2, 0.25) is 0 Å². The van der Waals surface area contributed by atoms with Crippen LogP contribution in [-0.4, -0.2) is 25.7 Å². The van der Waals surface area contributed by atoms with Crippen LogP contribution in [0.15, 0.2) is 36.7 Å². The van der Waals surface area contributed by atoms with Crippen molar-refractivity contribution in [2.45, 2.75) is 19.8 Å². The highest BCUT2D eigenvalue weighted by atomic mass is 16.2. The summed E-state index contributed by atoms with van der Waals surface area (Å²) in [6.07, 6.45) is 3.19. The molecule has 112 valence electrons. The molecule has 6 heteroatoms. The van der Waals surface area contributed by atoms with Crippen molar-refractivity contribution in [1.29, 1.82) is 0 Å². The lowest BCUT2D eigenvalue weighted by Gasteiger charge is -2.10. The molecular formula is C16H17N5O. The van der Waals surface area contributed by atoms with Gasteiger partial charge in [0.15, 0.2) is 11.5 Å². The van der Waals surface area contributed by atoms with Gasteiger partial charge in [-0.15, -0.1) is 0 Å². The molecule has 0 aliphatic carbocycles. The van der Waals surface area contributed by atoms with E-state index in [4.69, 9.17) is 0 Å². The fraction of sp³-hybridized carbons (Fsp3) is 0.250. The molecule has 0 bridgehead atoms. The van der Waals surface area contributed by atoms with E-state index in [1.54, 1.807) is 17.1 Å². The second-order valence-corrected chi connectivity index (χ2v) is 5.39. The molecular weight excluding hydrogens is 278 g/mol. The van der Waals surface area contributed by atoms with Gasteiger partial charge >= 0.3 is 0 Å². The number of hydrogen-bond acceptors (Lipinski definition) is 4. The van der Waals surface area contributed by atoms with Crippen molar-refractivity contribution in [3.8, 4) is 0 Å². The van der Waals surface area contributed by atoms with Crippen LogP contribution in [-0.2, 0) is 7.05 Å². The number of carbonyl (C=O) groups excluding carboxylic acids is 1. The third-order valence-corrected chi connectivity index (χ3v) is 3.48. The van der Waals surface area contributed by atoms with Gasteiger partial charge in [0, 0.05) is 24.8 Å². The molecule has 0 aliphatic heterocycles. The number of para-hydroxylation sites is 1. The van der Waals surface area contributed by atoms with E-state index in [2.05, 4.69) is 20.4 Å². The highest BCUT2D eigenvalue weighted by Gasteiger charge is 2.18. The van der Waals surface area contributed by atoms with Crippen LogP contribution in [0.25, 0.3) is 10.9 Å². The van der Waals surface area contributed by atoms with Crippen LogP contribution in [0, 0.1) is 0 Å². The van der Waals surface area contributed by atoms with Gasteiger partial charge in [-0.1, -0.05) is 32.0 Å². The Morgan fingerprint density at radius 2 is 1.91 bits per heavy atom. The van der Waals surface area contributed by atoms with E-state index in [0.717, 1.165) is 16.6 Å². The van der Waals surface area contributed by atoms with Crippen LogP contribution >= 0.6 is 0 Å². The van der Waals surface area contributed by atoms with Gasteiger partial charge in [0.05, 0.1) is 11.2 Å². The molecule has 1 N–H and O–H groups in total. The SMILES string of the molecule is CC(C)c1nccnc1NC(=O)c1nn(C)c2ccccc12. The third kappa shape index (κ3) is 2.43. The Morgan fingerprint density at radius 1 is 1.18 bits per heavy atom. The van der Waals surface area contributed by atoms with Crippen LogP contribution in [0.4, 0.5) is 5.82 Å². The molecule has 0 aliphatic rings. The number of carbonyl (C=O) groups is 1. The average molecular weight is 295 g/mol. The lowest BCUT2D eigenvalue weighted by Crippen LogP contribution is -2.16.